The molecular formula is C23H42O3. The van der Waals surface area contributed by atoms with Crippen molar-refractivity contribution < 1.29 is 14.2 Å². The van der Waals surface area contributed by atoms with Crippen molar-refractivity contribution in [3.63, 3.8) is 0 Å². The van der Waals surface area contributed by atoms with Crippen LogP contribution in [-0.4, -0.2) is 31.7 Å². The van der Waals surface area contributed by atoms with Gasteiger partial charge >= 0.3 is 0 Å². The summed E-state index contributed by atoms with van der Waals surface area (Å²) >= 11 is 0. The minimum absolute atomic E-state index is 0.0449. The van der Waals surface area contributed by atoms with Gasteiger partial charge in [0.25, 0.3) is 0 Å². The lowest BCUT2D eigenvalue weighted by atomic mass is 9.75. The third-order valence-electron chi connectivity index (χ3n) is 6.08. The van der Waals surface area contributed by atoms with Crippen molar-refractivity contribution >= 4 is 0 Å². The van der Waals surface area contributed by atoms with Gasteiger partial charge in [0.2, 0.25) is 0 Å². The molecule has 152 valence electrons. The average molecular weight is 367 g/mol. The van der Waals surface area contributed by atoms with E-state index in [1.807, 2.05) is 0 Å². The molecule has 2 aliphatic rings. The molecule has 1 saturated carbocycles. The molecule has 1 aliphatic heterocycles. The lowest BCUT2D eigenvalue weighted by Crippen LogP contribution is -2.36. The van der Waals surface area contributed by atoms with Crippen molar-refractivity contribution in [1.82, 2.24) is 0 Å². The molecule has 0 amide bonds. The van der Waals surface area contributed by atoms with Crippen LogP contribution in [0.3, 0.4) is 0 Å². The highest BCUT2D eigenvalue weighted by molar-refractivity contribution is 4.92. The normalized spacial score (nSPS) is 33.4. The Balaban J connectivity index is 1.69. The van der Waals surface area contributed by atoms with Crippen LogP contribution in [0.4, 0.5) is 0 Å². The first-order valence-corrected chi connectivity index (χ1v) is 10.9. The maximum atomic E-state index is 6.34. The predicted octanol–water partition coefficient (Wildman–Crippen LogP) is 5.98. The van der Waals surface area contributed by atoms with Crippen LogP contribution in [0.5, 0.6) is 0 Å². The van der Waals surface area contributed by atoms with Crippen LogP contribution in [0, 0.1) is 23.7 Å². The van der Waals surface area contributed by atoms with E-state index in [1.54, 1.807) is 0 Å². The van der Waals surface area contributed by atoms with E-state index in [-0.39, 0.29) is 12.4 Å². The first kappa shape index (κ1) is 21.9. The third kappa shape index (κ3) is 7.32. The number of ether oxygens (including phenoxy) is 3. The van der Waals surface area contributed by atoms with E-state index in [9.17, 15) is 0 Å². The molecule has 26 heavy (non-hydrogen) atoms. The van der Waals surface area contributed by atoms with E-state index in [0.717, 1.165) is 18.8 Å². The molecule has 0 aromatic heterocycles. The fraction of sp³-hybridized carbons (Fsp3) is 0.913. The standard InChI is InChI=1S/C23H42O3/c1-16(2)8-7-9-18(5)13-23-25-15-20(26-23)14-24-22-12-19(6)10-11-21(22)17(3)4/h8,17-23H,7,9-15H2,1-6H3/t18-,19+,20?,21-,22+,23?/m0/s1. The smallest absolute Gasteiger partial charge is 0.158 e. The van der Waals surface area contributed by atoms with Gasteiger partial charge in [-0.3, -0.25) is 0 Å². The Morgan fingerprint density at radius 2 is 1.96 bits per heavy atom. The molecule has 0 N–H and O–H groups in total. The van der Waals surface area contributed by atoms with Gasteiger partial charge in [0.15, 0.2) is 6.29 Å². The zero-order valence-electron chi connectivity index (χ0n) is 18.0. The minimum Gasteiger partial charge on any atom is -0.375 e. The van der Waals surface area contributed by atoms with Gasteiger partial charge in [0.1, 0.15) is 6.10 Å². The summed E-state index contributed by atoms with van der Waals surface area (Å²) in [4.78, 5) is 0. The van der Waals surface area contributed by atoms with E-state index in [0.29, 0.717) is 37.1 Å². The Labute approximate surface area is 161 Å². The molecule has 0 bridgehead atoms. The van der Waals surface area contributed by atoms with Crippen LogP contribution in [-0.2, 0) is 14.2 Å². The minimum atomic E-state index is -0.0449. The number of hydrogen-bond donors (Lipinski definition) is 0. The maximum Gasteiger partial charge on any atom is 0.158 e. The topological polar surface area (TPSA) is 27.7 Å². The highest BCUT2D eigenvalue weighted by atomic mass is 16.7. The quantitative estimate of drug-likeness (QED) is 0.470. The van der Waals surface area contributed by atoms with Gasteiger partial charge < -0.3 is 14.2 Å². The zero-order valence-corrected chi connectivity index (χ0v) is 18.0. The molecule has 3 heteroatoms. The molecule has 1 heterocycles. The Kier molecular flexibility index (Phi) is 9.12. The van der Waals surface area contributed by atoms with Crippen LogP contribution in [0.25, 0.3) is 0 Å². The molecule has 0 aromatic carbocycles. The largest absolute Gasteiger partial charge is 0.375 e. The van der Waals surface area contributed by atoms with Gasteiger partial charge in [0.05, 0.1) is 19.3 Å². The fourth-order valence-electron chi connectivity index (χ4n) is 4.36. The van der Waals surface area contributed by atoms with Gasteiger partial charge in [-0.1, -0.05) is 45.8 Å². The number of rotatable bonds is 9. The predicted molar refractivity (Wildman–Crippen MR) is 108 cm³/mol. The van der Waals surface area contributed by atoms with Crippen molar-refractivity contribution in [3.05, 3.63) is 11.6 Å². The Morgan fingerprint density at radius 3 is 2.65 bits per heavy atom. The third-order valence-corrected chi connectivity index (χ3v) is 6.08. The second kappa shape index (κ2) is 10.8. The number of allylic oxidation sites excluding steroid dienone is 2. The summed E-state index contributed by atoms with van der Waals surface area (Å²) in [6, 6.07) is 0. The monoisotopic (exact) mass is 366 g/mol. The summed E-state index contributed by atoms with van der Waals surface area (Å²) in [5.41, 5.74) is 1.40. The maximum absolute atomic E-state index is 6.34. The summed E-state index contributed by atoms with van der Waals surface area (Å²) in [5, 5.41) is 0. The first-order chi connectivity index (χ1) is 12.3. The molecular weight excluding hydrogens is 324 g/mol. The Morgan fingerprint density at radius 1 is 1.19 bits per heavy atom. The molecule has 0 spiro atoms. The van der Waals surface area contributed by atoms with Gasteiger partial charge in [-0.15, -0.1) is 0 Å². The lowest BCUT2D eigenvalue weighted by Gasteiger charge is -2.37. The highest BCUT2D eigenvalue weighted by Crippen LogP contribution is 2.35. The summed E-state index contributed by atoms with van der Waals surface area (Å²) in [7, 11) is 0. The first-order valence-electron chi connectivity index (χ1n) is 10.9. The van der Waals surface area contributed by atoms with Crippen LogP contribution >= 0.6 is 0 Å². The molecule has 2 rings (SSSR count). The molecule has 6 atom stereocenters. The van der Waals surface area contributed by atoms with Crippen molar-refractivity contribution in [2.75, 3.05) is 13.2 Å². The summed E-state index contributed by atoms with van der Waals surface area (Å²) < 4.78 is 18.3. The highest BCUT2D eigenvalue weighted by Gasteiger charge is 2.33. The summed E-state index contributed by atoms with van der Waals surface area (Å²) in [6.07, 6.45) is 9.96. The molecule has 0 radical (unpaired) electrons. The SMILES string of the molecule is CC(C)=CCC[C@H](C)CC1OCC(CO[C@@H]2C[C@H](C)CC[C@H]2C(C)C)O1. The van der Waals surface area contributed by atoms with Crippen LogP contribution in [0.15, 0.2) is 11.6 Å². The van der Waals surface area contributed by atoms with Gasteiger partial charge in [-0.25, -0.2) is 0 Å². The summed E-state index contributed by atoms with van der Waals surface area (Å²) in [6.45, 7) is 15.0. The van der Waals surface area contributed by atoms with Crippen LogP contribution in [0.2, 0.25) is 0 Å². The Bertz CT molecular complexity index is 427. The Hall–Kier alpha value is -0.380. The van der Waals surface area contributed by atoms with Gasteiger partial charge in [0, 0.05) is 6.42 Å². The molecule has 0 aromatic rings. The van der Waals surface area contributed by atoms with Crippen molar-refractivity contribution in [3.8, 4) is 0 Å². The second-order valence-electron chi connectivity index (χ2n) is 9.42. The molecule has 1 saturated heterocycles. The van der Waals surface area contributed by atoms with E-state index in [4.69, 9.17) is 14.2 Å². The zero-order chi connectivity index (χ0) is 19.1. The lowest BCUT2D eigenvalue weighted by molar-refractivity contribution is -0.103. The number of hydrogen-bond acceptors (Lipinski definition) is 3. The fourth-order valence-corrected chi connectivity index (χ4v) is 4.36. The van der Waals surface area contributed by atoms with Gasteiger partial charge in [-0.2, -0.15) is 0 Å². The molecule has 3 nitrogen and oxygen atoms in total. The van der Waals surface area contributed by atoms with Crippen LogP contribution < -0.4 is 0 Å². The average Bonchev–Trinajstić information content (AvgIpc) is 2.99. The molecule has 2 unspecified atom stereocenters. The van der Waals surface area contributed by atoms with E-state index < -0.39 is 0 Å². The van der Waals surface area contributed by atoms with Crippen LogP contribution in [0.1, 0.15) is 80.1 Å². The molecule has 1 aliphatic carbocycles. The second-order valence-corrected chi connectivity index (χ2v) is 9.42. The van der Waals surface area contributed by atoms with Crippen molar-refractivity contribution in [2.45, 2.75) is 98.6 Å². The van der Waals surface area contributed by atoms with E-state index in [2.05, 4.69) is 47.6 Å². The van der Waals surface area contributed by atoms with Crippen molar-refractivity contribution in [1.29, 1.82) is 0 Å². The van der Waals surface area contributed by atoms with E-state index in [1.165, 1.54) is 31.3 Å². The molecule has 2 fully saturated rings. The van der Waals surface area contributed by atoms with Gasteiger partial charge in [-0.05, 0) is 63.2 Å². The van der Waals surface area contributed by atoms with E-state index >= 15 is 0 Å². The summed E-state index contributed by atoms with van der Waals surface area (Å²) in [5.74, 6) is 2.80. The van der Waals surface area contributed by atoms with Crippen molar-refractivity contribution in [2.24, 2.45) is 23.7 Å².